The molecule has 0 atom stereocenters. The Hall–Kier alpha value is -1.32. The van der Waals surface area contributed by atoms with Gasteiger partial charge in [-0.15, -0.1) is 0 Å². The highest BCUT2D eigenvalue weighted by Gasteiger charge is 2.13. The van der Waals surface area contributed by atoms with Crippen molar-refractivity contribution in [1.29, 1.82) is 0 Å². The summed E-state index contributed by atoms with van der Waals surface area (Å²) in [6.45, 7) is 5.30. The first kappa shape index (κ1) is 21.7. The van der Waals surface area contributed by atoms with Crippen molar-refractivity contribution in [3.8, 4) is 0 Å². The average Bonchev–Trinajstić information content (AvgIpc) is 2.53. The fourth-order valence-electron chi connectivity index (χ4n) is 2.50. The van der Waals surface area contributed by atoms with Gasteiger partial charge in [0, 0.05) is 19.5 Å². The van der Waals surface area contributed by atoms with Gasteiger partial charge in [-0.2, -0.15) is 0 Å². The number of hydrogen-bond donors (Lipinski definition) is 1. The van der Waals surface area contributed by atoms with E-state index in [2.05, 4.69) is 19.9 Å². The highest BCUT2D eigenvalue weighted by atomic mass is 16.4. The monoisotopic (exact) mass is 325 g/mol. The molecular weight excluding hydrogens is 290 g/mol. The van der Waals surface area contributed by atoms with Crippen molar-refractivity contribution in [1.82, 2.24) is 4.90 Å². The van der Waals surface area contributed by atoms with E-state index in [0.29, 0.717) is 19.5 Å². The fourth-order valence-corrected chi connectivity index (χ4v) is 2.50. The van der Waals surface area contributed by atoms with E-state index < -0.39 is 5.97 Å². The standard InChI is InChI=1S/C19H35NO3/c1-3-5-7-9-10-11-13-16-20(17-15-19(22)23)18(21)14-12-8-6-4-2/h6,8H,3-5,7,9-17H2,1-2H3,(H,22,23)/b8-6+. The molecule has 0 bridgehead atoms. The van der Waals surface area contributed by atoms with Crippen molar-refractivity contribution in [3.05, 3.63) is 12.2 Å². The normalized spacial score (nSPS) is 11.0. The van der Waals surface area contributed by atoms with Crippen LogP contribution in [-0.2, 0) is 9.59 Å². The Balaban J connectivity index is 4.05. The third-order valence-electron chi connectivity index (χ3n) is 3.91. The number of carbonyl (C=O) groups is 2. The van der Waals surface area contributed by atoms with Crippen molar-refractivity contribution in [2.75, 3.05) is 13.1 Å². The molecule has 0 radical (unpaired) electrons. The second-order valence-electron chi connectivity index (χ2n) is 6.06. The molecule has 4 heteroatoms. The maximum Gasteiger partial charge on any atom is 0.305 e. The summed E-state index contributed by atoms with van der Waals surface area (Å²) in [4.78, 5) is 24.7. The van der Waals surface area contributed by atoms with Gasteiger partial charge in [-0.1, -0.05) is 64.5 Å². The number of allylic oxidation sites excluding steroid dienone is 2. The van der Waals surface area contributed by atoms with Crippen molar-refractivity contribution >= 4 is 11.9 Å². The summed E-state index contributed by atoms with van der Waals surface area (Å²) in [5.41, 5.74) is 0. The molecule has 0 aliphatic heterocycles. The highest BCUT2D eigenvalue weighted by molar-refractivity contribution is 5.77. The molecule has 0 spiro atoms. The van der Waals surface area contributed by atoms with Gasteiger partial charge in [-0.25, -0.2) is 0 Å². The molecule has 1 N–H and O–H groups in total. The van der Waals surface area contributed by atoms with Gasteiger partial charge in [0.25, 0.3) is 0 Å². The second kappa shape index (κ2) is 15.6. The predicted octanol–water partition coefficient (Wildman–Crippen LogP) is 4.79. The number of unbranched alkanes of at least 4 members (excludes halogenated alkanes) is 6. The first-order chi connectivity index (χ1) is 11.1. The van der Waals surface area contributed by atoms with Crippen molar-refractivity contribution < 1.29 is 14.7 Å². The highest BCUT2D eigenvalue weighted by Crippen LogP contribution is 2.09. The summed E-state index contributed by atoms with van der Waals surface area (Å²) in [6, 6.07) is 0. The van der Waals surface area contributed by atoms with E-state index in [-0.39, 0.29) is 12.3 Å². The summed E-state index contributed by atoms with van der Waals surface area (Å²) < 4.78 is 0. The number of rotatable bonds is 15. The van der Waals surface area contributed by atoms with Crippen molar-refractivity contribution in [2.24, 2.45) is 0 Å². The third-order valence-corrected chi connectivity index (χ3v) is 3.91. The fraction of sp³-hybridized carbons (Fsp3) is 0.789. The zero-order valence-electron chi connectivity index (χ0n) is 15.1. The van der Waals surface area contributed by atoms with Gasteiger partial charge in [0.1, 0.15) is 0 Å². The number of hydrogen-bond acceptors (Lipinski definition) is 2. The Morgan fingerprint density at radius 2 is 1.52 bits per heavy atom. The number of aliphatic carboxylic acids is 1. The maximum atomic E-state index is 12.2. The zero-order valence-corrected chi connectivity index (χ0v) is 15.1. The minimum absolute atomic E-state index is 0.0348. The van der Waals surface area contributed by atoms with Crippen LogP contribution in [-0.4, -0.2) is 35.0 Å². The van der Waals surface area contributed by atoms with Gasteiger partial charge in [0.05, 0.1) is 6.42 Å². The van der Waals surface area contributed by atoms with Gasteiger partial charge >= 0.3 is 5.97 Å². The number of carbonyl (C=O) groups excluding carboxylic acids is 1. The van der Waals surface area contributed by atoms with Gasteiger partial charge in [-0.05, 0) is 19.3 Å². The number of nitrogens with zero attached hydrogens (tertiary/aromatic N) is 1. The van der Waals surface area contributed by atoms with Crippen molar-refractivity contribution in [2.45, 2.75) is 84.5 Å². The molecule has 4 nitrogen and oxygen atoms in total. The molecule has 0 aromatic carbocycles. The molecular formula is C19H35NO3. The quantitative estimate of drug-likeness (QED) is 0.348. The maximum absolute atomic E-state index is 12.2. The molecule has 0 aliphatic rings. The minimum atomic E-state index is -0.840. The molecule has 0 saturated carbocycles. The van der Waals surface area contributed by atoms with Crippen LogP contribution in [0.1, 0.15) is 84.5 Å². The molecule has 0 saturated heterocycles. The van der Waals surface area contributed by atoms with E-state index in [9.17, 15) is 9.59 Å². The van der Waals surface area contributed by atoms with Crippen LogP contribution in [0.3, 0.4) is 0 Å². The van der Waals surface area contributed by atoms with Crippen LogP contribution in [0.25, 0.3) is 0 Å². The number of amides is 1. The zero-order chi connectivity index (χ0) is 17.3. The van der Waals surface area contributed by atoms with Crippen LogP contribution in [0.4, 0.5) is 0 Å². The molecule has 0 heterocycles. The summed E-state index contributed by atoms with van der Waals surface area (Å²) in [6.07, 6.45) is 14.7. The Morgan fingerprint density at radius 3 is 2.13 bits per heavy atom. The van der Waals surface area contributed by atoms with E-state index in [1.807, 2.05) is 6.08 Å². The second-order valence-corrected chi connectivity index (χ2v) is 6.06. The molecule has 0 rings (SSSR count). The predicted molar refractivity (Wildman–Crippen MR) is 95.5 cm³/mol. The van der Waals surface area contributed by atoms with Crippen LogP contribution in [0, 0.1) is 0 Å². The lowest BCUT2D eigenvalue weighted by molar-refractivity contribution is -0.138. The molecule has 0 aliphatic carbocycles. The Bertz CT molecular complexity index is 340. The molecule has 1 amide bonds. The largest absolute Gasteiger partial charge is 0.481 e. The lowest BCUT2D eigenvalue weighted by Crippen LogP contribution is -2.33. The van der Waals surface area contributed by atoms with Gasteiger partial charge in [-0.3, -0.25) is 9.59 Å². The Morgan fingerprint density at radius 1 is 0.870 bits per heavy atom. The van der Waals surface area contributed by atoms with E-state index >= 15 is 0 Å². The first-order valence-corrected chi connectivity index (χ1v) is 9.26. The lowest BCUT2D eigenvalue weighted by Gasteiger charge is -2.22. The Kier molecular flexibility index (Phi) is 14.7. The van der Waals surface area contributed by atoms with Crippen LogP contribution in [0.2, 0.25) is 0 Å². The Labute approximate surface area is 141 Å². The first-order valence-electron chi connectivity index (χ1n) is 9.26. The van der Waals surface area contributed by atoms with E-state index in [1.54, 1.807) is 4.90 Å². The van der Waals surface area contributed by atoms with Gasteiger partial charge in [0.15, 0.2) is 0 Å². The van der Waals surface area contributed by atoms with Crippen LogP contribution < -0.4 is 0 Å². The molecule has 0 aromatic rings. The summed E-state index contributed by atoms with van der Waals surface area (Å²) in [5.74, 6) is -0.758. The molecule has 0 aromatic heterocycles. The smallest absolute Gasteiger partial charge is 0.305 e. The van der Waals surface area contributed by atoms with Crippen LogP contribution >= 0.6 is 0 Å². The third kappa shape index (κ3) is 14.0. The van der Waals surface area contributed by atoms with Crippen LogP contribution in [0.5, 0.6) is 0 Å². The molecule has 0 fully saturated rings. The van der Waals surface area contributed by atoms with E-state index in [1.165, 1.54) is 32.1 Å². The molecule has 23 heavy (non-hydrogen) atoms. The molecule has 0 unspecified atom stereocenters. The minimum Gasteiger partial charge on any atom is -0.481 e. The summed E-state index contributed by atoms with van der Waals surface area (Å²) in [7, 11) is 0. The van der Waals surface area contributed by atoms with Gasteiger partial charge < -0.3 is 10.0 Å². The topological polar surface area (TPSA) is 57.6 Å². The number of carboxylic acid groups (broad SMARTS) is 1. The SMILES string of the molecule is CC/C=C/CCC(=O)N(CCCCCCCCC)CCC(=O)O. The lowest BCUT2D eigenvalue weighted by atomic mass is 10.1. The number of carboxylic acids is 1. The van der Waals surface area contributed by atoms with E-state index in [4.69, 9.17) is 5.11 Å². The molecule has 134 valence electrons. The van der Waals surface area contributed by atoms with E-state index in [0.717, 1.165) is 25.7 Å². The van der Waals surface area contributed by atoms with Crippen LogP contribution in [0.15, 0.2) is 12.2 Å². The van der Waals surface area contributed by atoms with Gasteiger partial charge in [0.2, 0.25) is 5.91 Å². The summed E-state index contributed by atoms with van der Waals surface area (Å²) >= 11 is 0. The average molecular weight is 325 g/mol. The summed E-state index contributed by atoms with van der Waals surface area (Å²) in [5, 5.41) is 8.83. The van der Waals surface area contributed by atoms with Crippen molar-refractivity contribution in [3.63, 3.8) is 0 Å².